The van der Waals surface area contributed by atoms with E-state index in [2.05, 4.69) is 30.9 Å². The fourth-order valence-electron chi connectivity index (χ4n) is 3.29. The third-order valence-corrected chi connectivity index (χ3v) is 5.25. The Bertz CT molecular complexity index is 1220. The summed E-state index contributed by atoms with van der Waals surface area (Å²) in [5.74, 6) is -1.86. The van der Waals surface area contributed by atoms with E-state index in [1.165, 1.54) is 17.8 Å². The van der Waals surface area contributed by atoms with Gasteiger partial charge in [-0.25, -0.2) is 18.9 Å². The van der Waals surface area contributed by atoms with Crippen molar-refractivity contribution in [3.8, 4) is 11.4 Å². The van der Waals surface area contributed by atoms with Crippen LogP contribution in [0.3, 0.4) is 0 Å². The normalized spacial score (nSPS) is 17.7. The molecule has 2 amide bonds. The van der Waals surface area contributed by atoms with E-state index in [1.807, 2.05) is 0 Å². The van der Waals surface area contributed by atoms with Crippen LogP contribution in [0.4, 0.5) is 25.1 Å². The van der Waals surface area contributed by atoms with Gasteiger partial charge < -0.3 is 14.8 Å². The molecule has 3 heterocycles. The van der Waals surface area contributed by atoms with E-state index in [-0.39, 0.29) is 35.0 Å². The molecule has 0 bridgehead atoms. The van der Waals surface area contributed by atoms with Gasteiger partial charge in [0.05, 0.1) is 41.4 Å². The van der Waals surface area contributed by atoms with Crippen molar-refractivity contribution in [1.82, 2.24) is 25.0 Å². The lowest BCUT2D eigenvalue weighted by Gasteiger charge is -2.15. The number of amides is 2. The summed E-state index contributed by atoms with van der Waals surface area (Å²) >= 11 is 0. The number of aromatic nitrogens is 5. The summed E-state index contributed by atoms with van der Waals surface area (Å²) in [4.78, 5) is 32.1. The molecule has 0 unspecified atom stereocenters. The molecule has 3 aromatic heterocycles. The molecule has 1 fully saturated rings. The standard InChI is InChI=1S/C21H21F2N7O4/c1-10(13-6-11(22)8-25-18(13)23)34-21(32)27-19-17(28-29-30(19)2)15-5-4-12(9-24-15)26-20(31)14-7-16(14)33-3/h4-6,8-10,14,16H,7H2,1-3H3,(H,26,31)(H,27,32)/t10-,14-,16-/m1/s1. The number of anilines is 2. The average Bonchev–Trinajstić information content (AvgIpc) is 3.53. The fraction of sp³-hybridized carbons (Fsp3) is 0.333. The van der Waals surface area contributed by atoms with Crippen LogP contribution in [0.1, 0.15) is 25.0 Å². The minimum Gasteiger partial charge on any atom is -0.441 e. The Balaban J connectivity index is 1.43. The molecule has 1 aliphatic rings. The zero-order valence-corrected chi connectivity index (χ0v) is 18.5. The third kappa shape index (κ3) is 4.98. The number of halogens is 2. The molecule has 11 nitrogen and oxygen atoms in total. The van der Waals surface area contributed by atoms with Crippen molar-refractivity contribution < 1.29 is 27.8 Å². The fourth-order valence-corrected chi connectivity index (χ4v) is 3.29. The molecule has 3 aromatic rings. The summed E-state index contributed by atoms with van der Waals surface area (Å²) in [7, 11) is 3.11. The Labute approximate surface area is 192 Å². The van der Waals surface area contributed by atoms with Crippen molar-refractivity contribution in [3.05, 3.63) is 47.9 Å². The minimum atomic E-state index is -1.11. The second-order valence-corrected chi connectivity index (χ2v) is 7.65. The van der Waals surface area contributed by atoms with Gasteiger partial charge in [-0.15, -0.1) is 5.10 Å². The number of pyridine rings is 2. The summed E-state index contributed by atoms with van der Waals surface area (Å²) in [6.45, 7) is 1.38. The molecule has 13 heteroatoms. The maximum absolute atomic E-state index is 13.8. The van der Waals surface area contributed by atoms with Gasteiger partial charge in [0.15, 0.2) is 11.5 Å². The Morgan fingerprint density at radius 1 is 1.21 bits per heavy atom. The van der Waals surface area contributed by atoms with Crippen LogP contribution < -0.4 is 10.6 Å². The van der Waals surface area contributed by atoms with Crippen LogP contribution in [-0.4, -0.2) is 50.2 Å². The van der Waals surface area contributed by atoms with Gasteiger partial charge in [-0.1, -0.05) is 5.21 Å². The number of hydrogen-bond donors (Lipinski definition) is 2. The monoisotopic (exact) mass is 473 g/mol. The lowest BCUT2D eigenvalue weighted by atomic mass is 10.2. The van der Waals surface area contributed by atoms with Crippen LogP contribution in [-0.2, 0) is 21.3 Å². The van der Waals surface area contributed by atoms with Crippen LogP contribution in [0.15, 0.2) is 30.6 Å². The van der Waals surface area contributed by atoms with Crippen molar-refractivity contribution in [3.63, 3.8) is 0 Å². The number of nitrogens with zero attached hydrogens (tertiary/aromatic N) is 5. The van der Waals surface area contributed by atoms with Crippen LogP contribution >= 0.6 is 0 Å². The van der Waals surface area contributed by atoms with Gasteiger partial charge in [0.1, 0.15) is 11.9 Å². The first-order valence-electron chi connectivity index (χ1n) is 10.2. The highest BCUT2D eigenvalue weighted by atomic mass is 19.1. The highest BCUT2D eigenvalue weighted by Crippen LogP contribution is 2.34. The Kier molecular flexibility index (Phi) is 6.45. The predicted octanol–water partition coefficient (Wildman–Crippen LogP) is 2.83. The zero-order valence-electron chi connectivity index (χ0n) is 18.5. The van der Waals surface area contributed by atoms with Crippen molar-refractivity contribution in [2.45, 2.75) is 25.6 Å². The number of nitrogens with one attached hydrogen (secondary N) is 2. The largest absolute Gasteiger partial charge is 0.441 e. The summed E-state index contributed by atoms with van der Waals surface area (Å²) in [5.41, 5.74) is 0.898. The molecule has 1 saturated carbocycles. The van der Waals surface area contributed by atoms with Crippen molar-refractivity contribution in [2.24, 2.45) is 13.0 Å². The van der Waals surface area contributed by atoms with Crippen molar-refractivity contribution >= 4 is 23.5 Å². The second-order valence-electron chi connectivity index (χ2n) is 7.65. The lowest BCUT2D eigenvalue weighted by Crippen LogP contribution is -2.19. The first-order valence-corrected chi connectivity index (χ1v) is 10.2. The van der Waals surface area contributed by atoms with E-state index in [1.54, 1.807) is 26.3 Å². The molecule has 2 N–H and O–H groups in total. The molecule has 3 atom stereocenters. The molecule has 0 radical (unpaired) electrons. The van der Waals surface area contributed by atoms with Crippen LogP contribution in [0.2, 0.25) is 0 Å². The van der Waals surface area contributed by atoms with E-state index in [0.717, 1.165) is 12.3 Å². The molecule has 1 aliphatic carbocycles. The van der Waals surface area contributed by atoms with Gasteiger partial charge >= 0.3 is 6.09 Å². The highest BCUT2D eigenvalue weighted by Gasteiger charge is 2.43. The third-order valence-electron chi connectivity index (χ3n) is 5.25. The number of ether oxygens (including phenoxy) is 2. The Hall–Kier alpha value is -4.00. The molecule has 0 aromatic carbocycles. The summed E-state index contributed by atoms with van der Waals surface area (Å²) < 4.78 is 38.8. The summed E-state index contributed by atoms with van der Waals surface area (Å²) in [5, 5.41) is 13.2. The number of rotatable bonds is 7. The predicted molar refractivity (Wildman–Crippen MR) is 114 cm³/mol. The maximum Gasteiger partial charge on any atom is 0.413 e. The van der Waals surface area contributed by atoms with Gasteiger partial charge in [0, 0.05) is 14.2 Å². The highest BCUT2D eigenvalue weighted by molar-refractivity contribution is 5.95. The van der Waals surface area contributed by atoms with Gasteiger partial charge in [0.2, 0.25) is 11.9 Å². The zero-order chi connectivity index (χ0) is 24.4. The van der Waals surface area contributed by atoms with Crippen LogP contribution in [0, 0.1) is 17.7 Å². The topological polar surface area (TPSA) is 133 Å². The van der Waals surface area contributed by atoms with Crippen LogP contribution in [0.25, 0.3) is 11.4 Å². The number of hydrogen-bond acceptors (Lipinski definition) is 8. The lowest BCUT2D eigenvalue weighted by molar-refractivity contribution is -0.118. The molecule has 178 valence electrons. The number of methoxy groups -OCH3 is 1. The quantitative estimate of drug-likeness (QED) is 0.501. The van der Waals surface area contributed by atoms with E-state index in [0.29, 0.717) is 17.8 Å². The minimum absolute atomic E-state index is 0.0587. The SMILES string of the molecule is CO[C@@H]1C[C@H]1C(=O)Nc1ccc(-c2nnn(C)c2NC(=O)O[C@H](C)c2cc(F)cnc2F)nc1. The van der Waals surface area contributed by atoms with Gasteiger partial charge in [0.25, 0.3) is 0 Å². The van der Waals surface area contributed by atoms with Gasteiger partial charge in [-0.3, -0.25) is 15.1 Å². The molecule has 4 rings (SSSR count). The van der Waals surface area contributed by atoms with Gasteiger partial charge in [-0.2, -0.15) is 4.39 Å². The van der Waals surface area contributed by atoms with Crippen molar-refractivity contribution in [1.29, 1.82) is 0 Å². The molecule has 0 saturated heterocycles. The van der Waals surface area contributed by atoms with E-state index in [4.69, 9.17) is 9.47 Å². The van der Waals surface area contributed by atoms with Gasteiger partial charge in [-0.05, 0) is 31.5 Å². The summed E-state index contributed by atoms with van der Waals surface area (Å²) in [6, 6.07) is 4.15. The average molecular weight is 473 g/mol. The molecule has 0 spiro atoms. The second kappa shape index (κ2) is 9.47. The van der Waals surface area contributed by atoms with Crippen molar-refractivity contribution in [2.75, 3.05) is 17.7 Å². The Morgan fingerprint density at radius 2 is 2.00 bits per heavy atom. The molecular formula is C21H21F2N7O4. The molecule has 34 heavy (non-hydrogen) atoms. The molecular weight excluding hydrogens is 452 g/mol. The number of carbonyl (C=O) groups is 2. The Morgan fingerprint density at radius 3 is 2.68 bits per heavy atom. The first-order chi connectivity index (χ1) is 16.3. The number of carbonyl (C=O) groups excluding carboxylic acids is 2. The van der Waals surface area contributed by atoms with E-state index in [9.17, 15) is 18.4 Å². The first kappa shape index (κ1) is 23.2. The van der Waals surface area contributed by atoms with E-state index >= 15 is 0 Å². The summed E-state index contributed by atoms with van der Waals surface area (Å²) in [6.07, 6.45) is 0.749. The number of aryl methyl sites for hydroxylation is 1. The molecule has 0 aliphatic heterocycles. The van der Waals surface area contributed by atoms with E-state index < -0.39 is 24.0 Å². The maximum atomic E-state index is 13.8. The van der Waals surface area contributed by atoms with Crippen LogP contribution in [0.5, 0.6) is 0 Å². The smallest absolute Gasteiger partial charge is 0.413 e.